The Hall–Kier alpha value is -0.000000000000000222. The standard InChI is InChI=1S/C7H5Cl2IO2/c8-10(9)6-3-1-2-5(4-6)7(11)12/h1-4H,(H,11,12). The third-order valence-corrected chi connectivity index (χ3v) is 5.06. The van der Waals surface area contributed by atoms with Crippen molar-refractivity contribution in [2.75, 3.05) is 0 Å². The number of rotatable bonds is 2. The zero-order chi connectivity index (χ0) is 9.14. The molecule has 66 valence electrons. The van der Waals surface area contributed by atoms with Crippen LogP contribution < -0.4 is 0 Å². The van der Waals surface area contributed by atoms with Crippen molar-refractivity contribution in [1.82, 2.24) is 0 Å². The molecule has 0 atom stereocenters. The van der Waals surface area contributed by atoms with Gasteiger partial charge in [0.1, 0.15) is 0 Å². The van der Waals surface area contributed by atoms with E-state index in [9.17, 15) is 4.79 Å². The van der Waals surface area contributed by atoms with Gasteiger partial charge in [0.15, 0.2) is 0 Å². The van der Waals surface area contributed by atoms with E-state index in [-0.39, 0.29) is 5.56 Å². The molecular formula is C7H5Cl2IO2. The van der Waals surface area contributed by atoms with E-state index >= 15 is 0 Å². The maximum atomic E-state index is 10.5. The molecule has 0 fully saturated rings. The van der Waals surface area contributed by atoms with Gasteiger partial charge in [-0.2, -0.15) is 0 Å². The summed E-state index contributed by atoms with van der Waals surface area (Å²) in [6.07, 6.45) is 0. The second kappa shape index (κ2) is 4.30. The first-order valence-corrected chi connectivity index (χ1v) is 9.52. The fourth-order valence-corrected chi connectivity index (χ4v) is 2.95. The summed E-state index contributed by atoms with van der Waals surface area (Å²) in [6.45, 7) is 0. The Balaban J connectivity index is 3.04. The average Bonchev–Trinajstić information content (AvgIpc) is 2.04. The van der Waals surface area contributed by atoms with Crippen LogP contribution in [0.3, 0.4) is 0 Å². The van der Waals surface area contributed by atoms with Crippen LogP contribution in [0, 0.1) is 3.57 Å². The molecule has 0 spiro atoms. The number of aromatic carboxylic acids is 1. The van der Waals surface area contributed by atoms with Gasteiger partial charge < -0.3 is 0 Å². The predicted molar refractivity (Wildman–Crippen MR) is 57.8 cm³/mol. The Kier molecular flexibility index (Phi) is 3.61. The van der Waals surface area contributed by atoms with Crippen LogP contribution in [0.1, 0.15) is 10.4 Å². The minimum absolute atomic E-state index is 0.233. The summed E-state index contributed by atoms with van der Waals surface area (Å²) in [5.74, 6) is -0.956. The molecule has 0 saturated heterocycles. The fraction of sp³-hybridized carbons (Fsp3) is 0. The Morgan fingerprint density at radius 1 is 1.42 bits per heavy atom. The summed E-state index contributed by atoms with van der Waals surface area (Å²) in [7, 11) is 11.4. The summed E-state index contributed by atoms with van der Waals surface area (Å²) in [6, 6.07) is 6.43. The molecule has 1 aromatic carbocycles. The first-order chi connectivity index (χ1) is 5.61. The summed E-state index contributed by atoms with van der Waals surface area (Å²) in [5.41, 5.74) is 0.233. The van der Waals surface area contributed by atoms with Gasteiger partial charge in [-0.1, -0.05) is 0 Å². The predicted octanol–water partition coefficient (Wildman–Crippen LogP) is 3.37. The van der Waals surface area contributed by atoms with E-state index in [1.165, 1.54) is 12.1 Å². The number of halogens is 3. The summed E-state index contributed by atoms with van der Waals surface area (Å²) in [4.78, 5) is 10.5. The van der Waals surface area contributed by atoms with Crippen LogP contribution in [-0.4, -0.2) is 11.1 Å². The van der Waals surface area contributed by atoms with E-state index in [1.54, 1.807) is 12.1 Å². The summed E-state index contributed by atoms with van der Waals surface area (Å²) >= 11 is -2.08. The van der Waals surface area contributed by atoms with Crippen LogP contribution >= 0.6 is 35.4 Å². The molecule has 0 aliphatic rings. The maximum absolute atomic E-state index is 10.5. The quantitative estimate of drug-likeness (QED) is 0.849. The molecule has 0 aliphatic heterocycles. The van der Waals surface area contributed by atoms with Crippen LogP contribution in [0.4, 0.5) is 0 Å². The van der Waals surface area contributed by atoms with E-state index in [0.717, 1.165) is 3.57 Å². The second-order valence-electron chi connectivity index (χ2n) is 2.01. The first kappa shape index (κ1) is 10.1. The molecular weight excluding hydrogens is 314 g/mol. The number of carbonyl (C=O) groups is 1. The second-order valence-corrected chi connectivity index (χ2v) is 9.20. The van der Waals surface area contributed by atoms with Gasteiger partial charge in [-0.25, -0.2) is 0 Å². The molecule has 0 saturated carbocycles. The van der Waals surface area contributed by atoms with E-state index in [0.29, 0.717) is 0 Å². The normalized spacial score (nSPS) is 11.0. The molecule has 1 aromatic rings. The van der Waals surface area contributed by atoms with Crippen molar-refractivity contribution < 1.29 is 9.90 Å². The molecule has 0 aliphatic carbocycles. The van der Waals surface area contributed by atoms with Gasteiger partial charge >= 0.3 is 84.6 Å². The molecule has 0 bridgehead atoms. The topological polar surface area (TPSA) is 37.3 Å². The monoisotopic (exact) mass is 318 g/mol. The molecule has 0 amide bonds. The van der Waals surface area contributed by atoms with Gasteiger partial charge in [0, 0.05) is 0 Å². The zero-order valence-electron chi connectivity index (χ0n) is 5.80. The van der Waals surface area contributed by atoms with Crippen LogP contribution in [0.25, 0.3) is 0 Å². The van der Waals surface area contributed by atoms with Gasteiger partial charge in [-0.15, -0.1) is 0 Å². The summed E-state index contributed by atoms with van der Waals surface area (Å²) < 4.78 is 0.752. The number of hydrogen-bond donors (Lipinski definition) is 1. The van der Waals surface area contributed by atoms with Gasteiger partial charge in [0.2, 0.25) is 0 Å². The molecule has 12 heavy (non-hydrogen) atoms. The molecule has 0 radical (unpaired) electrons. The Morgan fingerprint density at radius 3 is 2.58 bits per heavy atom. The Bertz CT molecular complexity index is 301. The number of hydrogen-bond acceptors (Lipinski definition) is 1. The van der Waals surface area contributed by atoms with E-state index in [2.05, 4.69) is 0 Å². The van der Waals surface area contributed by atoms with Crippen LogP contribution in [0.2, 0.25) is 0 Å². The van der Waals surface area contributed by atoms with Crippen molar-refractivity contribution >= 4 is 41.3 Å². The molecule has 1 N–H and O–H groups in total. The third-order valence-electron chi connectivity index (χ3n) is 1.24. The van der Waals surface area contributed by atoms with E-state index in [4.69, 9.17) is 22.9 Å². The summed E-state index contributed by atoms with van der Waals surface area (Å²) in [5, 5.41) is 8.62. The van der Waals surface area contributed by atoms with Crippen molar-refractivity contribution in [1.29, 1.82) is 0 Å². The van der Waals surface area contributed by atoms with Gasteiger partial charge in [0.05, 0.1) is 0 Å². The molecule has 2 nitrogen and oxygen atoms in total. The van der Waals surface area contributed by atoms with Crippen molar-refractivity contribution in [2.45, 2.75) is 0 Å². The minimum atomic E-state index is -2.08. The molecule has 0 aromatic heterocycles. The number of benzene rings is 1. The average molecular weight is 319 g/mol. The van der Waals surface area contributed by atoms with Crippen molar-refractivity contribution in [2.24, 2.45) is 0 Å². The van der Waals surface area contributed by atoms with E-state index in [1.807, 2.05) is 0 Å². The number of carboxylic acid groups (broad SMARTS) is 1. The van der Waals surface area contributed by atoms with Gasteiger partial charge in [0.25, 0.3) is 0 Å². The molecule has 1 rings (SSSR count). The fourth-order valence-electron chi connectivity index (χ4n) is 0.710. The zero-order valence-corrected chi connectivity index (χ0v) is 9.47. The molecule has 0 unspecified atom stereocenters. The Morgan fingerprint density at radius 2 is 2.08 bits per heavy atom. The van der Waals surface area contributed by atoms with Crippen LogP contribution in [0.5, 0.6) is 0 Å². The van der Waals surface area contributed by atoms with Crippen molar-refractivity contribution in [3.8, 4) is 0 Å². The van der Waals surface area contributed by atoms with Crippen molar-refractivity contribution in [3.63, 3.8) is 0 Å². The Labute approximate surface area is 84.3 Å². The van der Waals surface area contributed by atoms with Crippen molar-refractivity contribution in [3.05, 3.63) is 33.4 Å². The molecule has 5 heteroatoms. The SMILES string of the molecule is O=C(O)c1cccc(I(Cl)Cl)c1. The van der Waals surface area contributed by atoms with E-state index < -0.39 is 23.5 Å². The van der Waals surface area contributed by atoms with Gasteiger partial charge in [-0.05, 0) is 0 Å². The van der Waals surface area contributed by atoms with Crippen LogP contribution in [-0.2, 0) is 0 Å². The van der Waals surface area contributed by atoms with Crippen LogP contribution in [0.15, 0.2) is 24.3 Å². The van der Waals surface area contributed by atoms with Gasteiger partial charge in [-0.3, -0.25) is 0 Å². The first-order valence-electron chi connectivity index (χ1n) is 2.97. The third kappa shape index (κ3) is 2.50. The molecule has 0 heterocycles. The number of carboxylic acids is 1.